The highest BCUT2D eigenvalue weighted by Crippen LogP contribution is 2.38. The molecular formula is C13H15ClF3N. The Bertz CT molecular complexity index is 419. The maximum absolute atomic E-state index is 12.9. The third-order valence-corrected chi connectivity index (χ3v) is 3.98. The third kappa shape index (κ3) is 2.74. The van der Waals surface area contributed by atoms with Gasteiger partial charge in [0, 0.05) is 18.8 Å². The van der Waals surface area contributed by atoms with Crippen LogP contribution in [0.25, 0.3) is 0 Å². The molecule has 1 fully saturated rings. The normalized spacial score (nSPS) is 25.3. The quantitative estimate of drug-likeness (QED) is 0.697. The van der Waals surface area contributed by atoms with Gasteiger partial charge >= 0.3 is 6.18 Å². The Labute approximate surface area is 110 Å². The Balaban J connectivity index is 2.29. The lowest BCUT2D eigenvalue weighted by Crippen LogP contribution is -2.41. The Morgan fingerprint density at radius 2 is 1.94 bits per heavy atom. The largest absolute Gasteiger partial charge is 0.418 e. The zero-order valence-corrected chi connectivity index (χ0v) is 10.8. The highest BCUT2D eigenvalue weighted by molar-refractivity contribution is 6.21. The van der Waals surface area contributed by atoms with Crippen molar-refractivity contribution < 1.29 is 13.2 Å². The van der Waals surface area contributed by atoms with E-state index in [1.165, 1.54) is 12.1 Å². The monoisotopic (exact) mass is 277 g/mol. The molecule has 100 valence electrons. The fourth-order valence-electron chi connectivity index (χ4n) is 2.23. The van der Waals surface area contributed by atoms with E-state index in [-0.39, 0.29) is 11.1 Å². The van der Waals surface area contributed by atoms with E-state index in [0.717, 1.165) is 12.5 Å². The number of hydrogen-bond donors (Lipinski definition) is 0. The van der Waals surface area contributed by atoms with Crippen LogP contribution < -0.4 is 4.90 Å². The van der Waals surface area contributed by atoms with Gasteiger partial charge in [-0.05, 0) is 24.5 Å². The summed E-state index contributed by atoms with van der Waals surface area (Å²) in [6.45, 7) is 3.12. The Kier molecular flexibility index (Phi) is 3.76. The van der Waals surface area contributed by atoms with Crippen LogP contribution in [0.5, 0.6) is 0 Å². The highest BCUT2D eigenvalue weighted by atomic mass is 35.5. The van der Waals surface area contributed by atoms with Gasteiger partial charge in [0.15, 0.2) is 0 Å². The van der Waals surface area contributed by atoms with E-state index < -0.39 is 11.7 Å². The Morgan fingerprint density at radius 3 is 2.56 bits per heavy atom. The average Bonchev–Trinajstić information content (AvgIpc) is 2.32. The van der Waals surface area contributed by atoms with Gasteiger partial charge < -0.3 is 4.90 Å². The first kappa shape index (κ1) is 13.5. The van der Waals surface area contributed by atoms with Gasteiger partial charge in [-0.15, -0.1) is 11.6 Å². The number of alkyl halides is 4. The third-order valence-electron chi connectivity index (χ3n) is 3.42. The molecule has 1 nitrogen and oxygen atoms in total. The molecule has 0 aromatic heterocycles. The van der Waals surface area contributed by atoms with Crippen molar-refractivity contribution in [2.24, 2.45) is 5.92 Å². The van der Waals surface area contributed by atoms with Crippen molar-refractivity contribution in [1.82, 2.24) is 0 Å². The molecule has 0 radical (unpaired) electrons. The van der Waals surface area contributed by atoms with E-state index in [9.17, 15) is 13.2 Å². The van der Waals surface area contributed by atoms with Crippen LogP contribution in [-0.2, 0) is 6.18 Å². The minimum atomic E-state index is -4.32. The summed E-state index contributed by atoms with van der Waals surface area (Å²) in [5.41, 5.74) is -0.342. The summed E-state index contributed by atoms with van der Waals surface area (Å²) >= 11 is 6.16. The molecule has 1 saturated heterocycles. The summed E-state index contributed by atoms with van der Waals surface area (Å²) in [6, 6.07) is 5.68. The average molecular weight is 278 g/mol. The van der Waals surface area contributed by atoms with Crippen molar-refractivity contribution >= 4 is 17.3 Å². The van der Waals surface area contributed by atoms with E-state index >= 15 is 0 Å². The molecule has 2 unspecified atom stereocenters. The lowest BCUT2D eigenvalue weighted by molar-refractivity contribution is -0.137. The van der Waals surface area contributed by atoms with E-state index in [4.69, 9.17) is 11.6 Å². The van der Waals surface area contributed by atoms with Crippen molar-refractivity contribution in [3.63, 3.8) is 0 Å². The van der Waals surface area contributed by atoms with E-state index in [2.05, 4.69) is 0 Å². The van der Waals surface area contributed by atoms with Crippen molar-refractivity contribution in [3.05, 3.63) is 29.8 Å². The summed E-state index contributed by atoms with van der Waals surface area (Å²) in [6.07, 6.45) is -3.50. The second-order valence-electron chi connectivity index (χ2n) is 4.74. The van der Waals surface area contributed by atoms with Gasteiger partial charge in [-0.2, -0.15) is 13.2 Å². The summed E-state index contributed by atoms with van der Waals surface area (Å²) in [5, 5.41) is -0.0972. The second kappa shape index (κ2) is 5.00. The summed E-state index contributed by atoms with van der Waals surface area (Å²) in [4.78, 5) is 1.74. The number of para-hydroxylation sites is 1. The molecule has 18 heavy (non-hydrogen) atoms. The standard InChI is InChI=1S/C13H15ClF3N/c1-9-6-7-18(8-11(9)14)12-5-3-2-4-10(12)13(15,16)17/h2-5,9,11H,6-8H2,1H3. The summed E-state index contributed by atoms with van der Waals surface area (Å²) in [5.74, 6) is 0.348. The van der Waals surface area contributed by atoms with E-state index in [0.29, 0.717) is 19.0 Å². The molecule has 0 aliphatic carbocycles. The minimum Gasteiger partial charge on any atom is -0.370 e. The predicted octanol–water partition coefficient (Wildman–Crippen LogP) is 4.16. The molecule has 2 atom stereocenters. The molecule has 5 heteroatoms. The molecular weight excluding hydrogens is 263 g/mol. The second-order valence-corrected chi connectivity index (χ2v) is 5.30. The van der Waals surface area contributed by atoms with Gasteiger partial charge in [-0.1, -0.05) is 19.1 Å². The number of anilines is 1. The van der Waals surface area contributed by atoms with E-state index in [1.54, 1.807) is 11.0 Å². The molecule has 0 bridgehead atoms. The zero-order chi connectivity index (χ0) is 13.3. The molecule has 0 spiro atoms. The van der Waals surface area contributed by atoms with Crippen molar-refractivity contribution in [2.45, 2.75) is 24.9 Å². The molecule has 2 rings (SSSR count). The number of halogens is 4. The number of piperidine rings is 1. The number of nitrogens with zero attached hydrogens (tertiary/aromatic N) is 1. The molecule has 0 saturated carbocycles. The van der Waals surface area contributed by atoms with Gasteiger partial charge in [0.2, 0.25) is 0 Å². The van der Waals surface area contributed by atoms with Crippen LogP contribution in [0.3, 0.4) is 0 Å². The lowest BCUT2D eigenvalue weighted by atomic mass is 9.97. The number of rotatable bonds is 1. The molecule has 0 N–H and O–H groups in total. The van der Waals surface area contributed by atoms with Gasteiger partial charge in [0.1, 0.15) is 0 Å². The van der Waals surface area contributed by atoms with Gasteiger partial charge in [-0.3, -0.25) is 0 Å². The van der Waals surface area contributed by atoms with Gasteiger partial charge in [-0.25, -0.2) is 0 Å². The Morgan fingerprint density at radius 1 is 1.28 bits per heavy atom. The zero-order valence-electron chi connectivity index (χ0n) is 10.0. The van der Waals surface area contributed by atoms with Crippen LogP contribution in [0.2, 0.25) is 0 Å². The maximum atomic E-state index is 12.9. The van der Waals surface area contributed by atoms with Crippen LogP contribution in [0.15, 0.2) is 24.3 Å². The smallest absolute Gasteiger partial charge is 0.370 e. The number of benzene rings is 1. The van der Waals surface area contributed by atoms with Crippen LogP contribution in [-0.4, -0.2) is 18.5 Å². The highest BCUT2D eigenvalue weighted by Gasteiger charge is 2.36. The molecule has 1 aliphatic heterocycles. The van der Waals surface area contributed by atoms with Crippen LogP contribution in [0, 0.1) is 5.92 Å². The van der Waals surface area contributed by atoms with Crippen molar-refractivity contribution in [2.75, 3.05) is 18.0 Å². The van der Waals surface area contributed by atoms with Crippen molar-refractivity contribution in [1.29, 1.82) is 0 Å². The predicted molar refractivity (Wildman–Crippen MR) is 67.1 cm³/mol. The van der Waals surface area contributed by atoms with Crippen LogP contribution in [0.4, 0.5) is 18.9 Å². The van der Waals surface area contributed by atoms with Crippen molar-refractivity contribution in [3.8, 4) is 0 Å². The molecule has 1 heterocycles. The molecule has 1 aliphatic rings. The first-order chi connectivity index (χ1) is 8.39. The Hall–Kier alpha value is -0.900. The topological polar surface area (TPSA) is 3.24 Å². The lowest BCUT2D eigenvalue weighted by Gasteiger charge is -2.36. The fraction of sp³-hybridized carbons (Fsp3) is 0.538. The van der Waals surface area contributed by atoms with E-state index in [1.807, 2.05) is 6.92 Å². The minimum absolute atomic E-state index is 0.0972. The first-order valence-corrected chi connectivity index (χ1v) is 6.38. The SMILES string of the molecule is CC1CCN(c2ccccc2C(F)(F)F)CC1Cl. The first-order valence-electron chi connectivity index (χ1n) is 5.95. The molecule has 1 aromatic rings. The molecule has 1 aromatic carbocycles. The molecule has 0 amide bonds. The fourth-order valence-corrected chi connectivity index (χ4v) is 2.52. The number of hydrogen-bond acceptors (Lipinski definition) is 1. The summed E-state index contributed by atoms with van der Waals surface area (Å²) in [7, 11) is 0. The summed E-state index contributed by atoms with van der Waals surface area (Å²) < 4.78 is 38.8. The maximum Gasteiger partial charge on any atom is 0.418 e. The van der Waals surface area contributed by atoms with Crippen LogP contribution in [0.1, 0.15) is 18.9 Å². The van der Waals surface area contributed by atoms with Gasteiger partial charge in [0.25, 0.3) is 0 Å². The van der Waals surface area contributed by atoms with Gasteiger partial charge in [0.05, 0.1) is 10.9 Å². The van der Waals surface area contributed by atoms with Crippen LogP contribution >= 0.6 is 11.6 Å².